The molecule has 0 rings (SSSR count). The number of unbranched alkanes of at least 4 members (excludes halogenated alkanes) is 1. The summed E-state index contributed by atoms with van der Waals surface area (Å²) in [7, 11) is -5.28. The van der Waals surface area contributed by atoms with Crippen molar-refractivity contribution in [2.75, 3.05) is 40.9 Å². The highest BCUT2D eigenvalue weighted by Crippen LogP contribution is 2.69. The fourth-order valence-corrected chi connectivity index (χ4v) is 4.36. The van der Waals surface area contributed by atoms with Crippen molar-refractivity contribution in [2.45, 2.75) is 30.8 Å². The van der Waals surface area contributed by atoms with E-state index in [4.69, 9.17) is 24.3 Å². The molecule has 0 bridgehead atoms. The molecule has 11 heteroatoms. The van der Waals surface area contributed by atoms with Gasteiger partial charge < -0.3 is 33.9 Å². The largest absolute Gasteiger partial charge is 0.385 e. The molecule has 22 heavy (non-hydrogen) atoms. The van der Waals surface area contributed by atoms with Crippen LogP contribution in [0, 0.1) is 0 Å². The van der Waals surface area contributed by atoms with Crippen molar-refractivity contribution in [3.8, 4) is 0 Å². The van der Waals surface area contributed by atoms with E-state index >= 15 is 0 Å². The van der Waals surface area contributed by atoms with Gasteiger partial charge in [0.1, 0.15) is 0 Å². The number of hydrogen-bond acceptors (Lipinski definition) is 4. The number of rotatable bonds is 11. The molecule has 0 aliphatic rings. The molecule has 0 aromatic rings. The summed E-state index contributed by atoms with van der Waals surface area (Å²) in [4.78, 5) is 36.2. The Hall–Kier alpha value is 0.180. The summed E-state index contributed by atoms with van der Waals surface area (Å²) in [6.45, 7) is 1.86. The van der Waals surface area contributed by atoms with Crippen LogP contribution in [0.1, 0.15) is 25.7 Å². The maximum absolute atomic E-state index is 11.2. The van der Waals surface area contributed by atoms with Crippen molar-refractivity contribution < 1.29 is 43.0 Å². The molecule has 0 aliphatic carbocycles. The minimum atomic E-state index is -5.35. The van der Waals surface area contributed by atoms with Crippen molar-refractivity contribution in [2.24, 2.45) is 0 Å². The number of hydrogen-bond donors (Lipinski definition) is 5. The molecule has 0 atom stereocenters. The summed E-state index contributed by atoms with van der Waals surface area (Å²) < 4.78 is 27.9. The van der Waals surface area contributed by atoms with Crippen LogP contribution in [0.4, 0.5) is 0 Å². The average Bonchev–Trinajstić information content (AvgIpc) is 2.31. The summed E-state index contributed by atoms with van der Waals surface area (Å²) in [5, 5.41) is 6.47. The lowest BCUT2D eigenvalue weighted by atomic mass is 10.2. The van der Waals surface area contributed by atoms with Gasteiger partial charge in [0.2, 0.25) is 0 Å². The molecule has 5 N–H and O–H groups in total. The Balaban J connectivity index is 4.58. The third kappa shape index (κ3) is 6.74. The molecule has 0 saturated heterocycles. The lowest BCUT2D eigenvalue weighted by Crippen LogP contribution is -2.42. The zero-order valence-corrected chi connectivity index (χ0v) is 15.0. The van der Waals surface area contributed by atoms with E-state index in [1.807, 2.05) is 14.1 Å². The molecule has 0 amide bonds. The molecular formula is C11H28NO8P2+. The molecule has 0 aliphatic heterocycles. The van der Waals surface area contributed by atoms with E-state index in [-0.39, 0.29) is 6.42 Å². The quantitative estimate of drug-likeness (QED) is 0.200. The van der Waals surface area contributed by atoms with E-state index in [1.54, 1.807) is 7.11 Å². The highest BCUT2D eigenvalue weighted by molar-refractivity contribution is 7.72. The van der Waals surface area contributed by atoms with Gasteiger partial charge in [0, 0.05) is 26.6 Å². The zero-order valence-electron chi connectivity index (χ0n) is 13.3. The third-order valence-electron chi connectivity index (χ3n) is 3.57. The van der Waals surface area contributed by atoms with Crippen LogP contribution in [0.25, 0.3) is 0 Å². The van der Waals surface area contributed by atoms with Gasteiger partial charge in [-0.25, -0.2) is 0 Å². The van der Waals surface area contributed by atoms with Crippen molar-refractivity contribution in [3.05, 3.63) is 0 Å². The normalized spacial score (nSPS) is 14.4. The summed E-state index contributed by atoms with van der Waals surface area (Å²) in [6, 6.07) is 0. The third-order valence-corrected chi connectivity index (χ3v) is 7.45. The van der Waals surface area contributed by atoms with E-state index in [2.05, 4.69) is 0 Å². The number of quaternary nitrogens is 1. The first kappa shape index (κ1) is 22.2. The van der Waals surface area contributed by atoms with E-state index in [0.29, 0.717) is 17.6 Å². The first-order valence-corrected chi connectivity index (χ1v) is 10.1. The fraction of sp³-hybridized carbons (Fsp3) is 1.00. The van der Waals surface area contributed by atoms with Crippen LogP contribution in [0.2, 0.25) is 0 Å². The molecule has 0 unspecified atom stereocenters. The molecule has 134 valence electrons. The van der Waals surface area contributed by atoms with Crippen molar-refractivity contribution in [1.29, 1.82) is 0 Å². The highest BCUT2D eigenvalue weighted by Gasteiger charge is 2.58. The molecular weight excluding hydrogens is 336 g/mol. The highest BCUT2D eigenvalue weighted by atomic mass is 31.2. The smallest absolute Gasteiger partial charge is 0.369 e. The Morgan fingerprint density at radius 1 is 0.955 bits per heavy atom. The second-order valence-electron chi connectivity index (χ2n) is 6.05. The standard InChI is InChI=1S/C11H27NO8P2/c1-12(2,8-4-5-10-20-3)9-6-7-11(13,21(14,15)16)22(17,18)19/h13H,4-10H2,1-3H3,(H3-,14,15,16,17,18,19)/p+1. The van der Waals surface area contributed by atoms with Crippen molar-refractivity contribution >= 4 is 15.2 Å². The predicted octanol–water partition coefficient (Wildman–Crippen LogP) is 0.271. The minimum absolute atomic E-state index is 0.0734. The lowest BCUT2D eigenvalue weighted by molar-refractivity contribution is -0.890. The molecule has 0 spiro atoms. The Morgan fingerprint density at radius 3 is 1.82 bits per heavy atom. The van der Waals surface area contributed by atoms with Gasteiger partial charge in [0.25, 0.3) is 5.08 Å². The van der Waals surface area contributed by atoms with E-state index in [1.165, 1.54) is 0 Å². The lowest BCUT2D eigenvalue weighted by Gasteiger charge is -2.33. The molecule has 9 nitrogen and oxygen atoms in total. The first-order valence-electron chi connectivity index (χ1n) is 6.91. The second kappa shape index (κ2) is 8.33. The first-order chi connectivity index (χ1) is 9.77. The topological polar surface area (TPSA) is 145 Å². The van der Waals surface area contributed by atoms with Gasteiger partial charge in [-0.3, -0.25) is 9.13 Å². The minimum Gasteiger partial charge on any atom is -0.385 e. The van der Waals surface area contributed by atoms with E-state index < -0.39 is 26.7 Å². The summed E-state index contributed by atoms with van der Waals surface area (Å²) in [5.74, 6) is 0. The van der Waals surface area contributed by atoms with Crippen LogP contribution in [-0.2, 0) is 13.9 Å². The Kier molecular flexibility index (Phi) is 8.40. The Bertz CT molecular complexity index is 408. The summed E-state index contributed by atoms with van der Waals surface area (Å²) in [6.07, 6.45) is 1.18. The average molecular weight is 364 g/mol. The molecule has 0 aromatic carbocycles. The molecule has 0 saturated carbocycles. The van der Waals surface area contributed by atoms with Crippen LogP contribution in [0.3, 0.4) is 0 Å². The summed E-state index contributed by atoms with van der Waals surface area (Å²) >= 11 is 0. The SMILES string of the molecule is COCCCC[N+](C)(C)CCCC(O)(P(=O)(O)O)P(=O)(O)O. The second-order valence-corrected chi connectivity index (χ2v) is 10.1. The zero-order chi connectivity index (χ0) is 17.7. The number of nitrogens with zero attached hydrogens (tertiary/aromatic N) is 1. The Morgan fingerprint density at radius 2 is 1.41 bits per heavy atom. The number of methoxy groups -OCH3 is 1. The van der Waals surface area contributed by atoms with Crippen molar-refractivity contribution in [1.82, 2.24) is 0 Å². The van der Waals surface area contributed by atoms with Crippen LogP contribution in [-0.4, -0.2) is 75.1 Å². The van der Waals surface area contributed by atoms with E-state index in [0.717, 1.165) is 19.4 Å². The fourth-order valence-electron chi connectivity index (χ4n) is 2.10. The van der Waals surface area contributed by atoms with Gasteiger partial charge >= 0.3 is 15.2 Å². The van der Waals surface area contributed by atoms with Crippen molar-refractivity contribution in [3.63, 3.8) is 0 Å². The maximum atomic E-state index is 11.2. The monoisotopic (exact) mass is 364 g/mol. The van der Waals surface area contributed by atoms with Crippen LogP contribution >= 0.6 is 15.2 Å². The van der Waals surface area contributed by atoms with Crippen LogP contribution < -0.4 is 0 Å². The van der Waals surface area contributed by atoms with Gasteiger partial charge in [0.05, 0.1) is 27.2 Å². The van der Waals surface area contributed by atoms with Gasteiger partial charge in [-0.1, -0.05) is 0 Å². The van der Waals surface area contributed by atoms with Crippen LogP contribution in [0.15, 0.2) is 0 Å². The molecule has 0 heterocycles. The predicted molar refractivity (Wildman–Crippen MR) is 81.2 cm³/mol. The van der Waals surface area contributed by atoms with Crippen LogP contribution in [0.5, 0.6) is 0 Å². The van der Waals surface area contributed by atoms with Gasteiger partial charge in [-0.2, -0.15) is 0 Å². The van der Waals surface area contributed by atoms with Gasteiger partial charge in [-0.15, -0.1) is 0 Å². The number of ether oxygens (including phenoxy) is 1. The maximum Gasteiger partial charge on any atom is 0.369 e. The van der Waals surface area contributed by atoms with Gasteiger partial charge in [-0.05, 0) is 12.8 Å². The molecule has 0 aromatic heterocycles. The molecule has 0 radical (unpaired) electrons. The van der Waals surface area contributed by atoms with E-state index in [9.17, 15) is 14.2 Å². The molecule has 0 fully saturated rings. The number of aliphatic hydroxyl groups is 1. The Labute approximate surface area is 130 Å². The van der Waals surface area contributed by atoms with Gasteiger partial charge in [0.15, 0.2) is 0 Å². The summed E-state index contributed by atoms with van der Waals surface area (Å²) in [5.41, 5.74) is 0.